The summed E-state index contributed by atoms with van der Waals surface area (Å²) in [5, 5.41) is 7.11. The number of benzene rings is 1. The third kappa shape index (κ3) is 2.88. The van der Waals surface area contributed by atoms with Crippen LogP contribution in [0.1, 0.15) is 17.1 Å². The molecule has 2 aliphatic rings. The normalized spacial score (nSPS) is 14.9. The van der Waals surface area contributed by atoms with Crippen molar-refractivity contribution in [2.24, 2.45) is 0 Å². The van der Waals surface area contributed by atoms with E-state index in [9.17, 15) is 4.79 Å². The molecule has 27 heavy (non-hydrogen) atoms. The van der Waals surface area contributed by atoms with Crippen molar-refractivity contribution in [1.29, 1.82) is 0 Å². The summed E-state index contributed by atoms with van der Waals surface area (Å²) >= 11 is 0. The van der Waals surface area contributed by atoms with Crippen molar-refractivity contribution in [3.05, 3.63) is 53.7 Å². The Morgan fingerprint density at radius 3 is 3.04 bits per heavy atom. The van der Waals surface area contributed by atoms with Gasteiger partial charge in [0.25, 0.3) is 0 Å². The Morgan fingerprint density at radius 2 is 2.15 bits per heavy atom. The lowest BCUT2D eigenvalue weighted by molar-refractivity contribution is 0.174. The second-order valence-corrected chi connectivity index (χ2v) is 6.41. The number of carbonyl (C=O) groups excluding carboxylic acids is 1. The van der Waals surface area contributed by atoms with Crippen molar-refractivity contribution in [1.82, 2.24) is 15.4 Å². The van der Waals surface area contributed by atoms with Gasteiger partial charge >= 0.3 is 6.03 Å². The molecule has 0 saturated heterocycles. The van der Waals surface area contributed by atoms with Crippen molar-refractivity contribution >= 4 is 6.03 Å². The van der Waals surface area contributed by atoms with E-state index in [1.54, 1.807) is 17.2 Å². The third-order valence-electron chi connectivity index (χ3n) is 4.75. The number of furan rings is 1. The van der Waals surface area contributed by atoms with Crippen LogP contribution in [0.4, 0.5) is 4.79 Å². The summed E-state index contributed by atoms with van der Waals surface area (Å²) in [4.78, 5) is 14.3. The lowest BCUT2D eigenvalue weighted by Crippen LogP contribution is -2.42. The minimum Gasteiger partial charge on any atom is -0.467 e. The summed E-state index contributed by atoms with van der Waals surface area (Å²) < 4.78 is 21.6. The number of urea groups is 1. The molecule has 138 valence electrons. The van der Waals surface area contributed by atoms with Gasteiger partial charge < -0.3 is 28.6 Å². The Hall–Kier alpha value is -3.42. The topological polar surface area (TPSA) is 90.0 Å². The largest absolute Gasteiger partial charge is 0.467 e. The molecule has 5 rings (SSSR count). The van der Waals surface area contributed by atoms with Gasteiger partial charge in [0.1, 0.15) is 17.2 Å². The van der Waals surface area contributed by atoms with Crippen molar-refractivity contribution in [2.45, 2.75) is 19.5 Å². The minimum atomic E-state index is -0.144. The number of amides is 2. The quantitative estimate of drug-likeness (QED) is 0.765. The van der Waals surface area contributed by atoms with E-state index in [1.165, 1.54) is 0 Å². The molecule has 0 unspecified atom stereocenters. The molecular weight excluding hydrogens is 350 g/mol. The molecule has 0 atom stereocenters. The maximum atomic E-state index is 12.5. The summed E-state index contributed by atoms with van der Waals surface area (Å²) in [7, 11) is 0. The Balaban J connectivity index is 1.34. The van der Waals surface area contributed by atoms with Crippen LogP contribution < -0.4 is 14.8 Å². The molecule has 8 nitrogen and oxygen atoms in total. The highest BCUT2D eigenvalue weighted by molar-refractivity contribution is 5.75. The van der Waals surface area contributed by atoms with Crippen LogP contribution in [0.25, 0.3) is 11.3 Å². The van der Waals surface area contributed by atoms with E-state index in [2.05, 4.69) is 10.5 Å². The van der Waals surface area contributed by atoms with Gasteiger partial charge in [-0.1, -0.05) is 5.16 Å². The van der Waals surface area contributed by atoms with Crippen molar-refractivity contribution in [2.75, 3.05) is 13.3 Å². The van der Waals surface area contributed by atoms with Gasteiger partial charge in [-0.25, -0.2) is 4.79 Å². The molecule has 0 saturated carbocycles. The molecule has 1 aromatic carbocycles. The van der Waals surface area contributed by atoms with Crippen molar-refractivity contribution in [3.63, 3.8) is 0 Å². The fourth-order valence-corrected chi connectivity index (χ4v) is 3.34. The second-order valence-electron chi connectivity index (χ2n) is 6.41. The Labute approximate surface area is 154 Å². The molecule has 8 heteroatoms. The van der Waals surface area contributed by atoms with Gasteiger partial charge in [0.05, 0.1) is 19.4 Å². The fraction of sp³-hybridized carbons (Fsp3) is 0.263. The maximum Gasteiger partial charge on any atom is 0.318 e. The number of rotatable bonds is 3. The molecule has 0 bridgehead atoms. The number of ether oxygens (including phenoxy) is 2. The molecule has 0 aliphatic carbocycles. The molecule has 0 spiro atoms. The summed E-state index contributed by atoms with van der Waals surface area (Å²) in [6.45, 7) is 1.59. The van der Waals surface area contributed by atoms with Gasteiger partial charge in [-0.15, -0.1) is 0 Å². The van der Waals surface area contributed by atoms with Crippen LogP contribution in [0.2, 0.25) is 0 Å². The monoisotopic (exact) mass is 367 g/mol. The van der Waals surface area contributed by atoms with Crippen molar-refractivity contribution < 1.29 is 23.2 Å². The summed E-state index contributed by atoms with van der Waals surface area (Å²) in [5.74, 6) is 2.94. The predicted molar refractivity (Wildman–Crippen MR) is 93.1 cm³/mol. The van der Waals surface area contributed by atoms with E-state index < -0.39 is 0 Å². The number of hydrogen-bond donors (Lipinski definition) is 1. The second kappa shape index (κ2) is 6.39. The molecule has 3 aromatic rings. The van der Waals surface area contributed by atoms with Crippen molar-refractivity contribution in [3.8, 4) is 22.8 Å². The van der Waals surface area contributed by atoms with E-state index in [0.29, 0.717) is 37.6 Å². The molecular formula is C19H17N3O5. The number of carbonyl (C=O) groups is 1. The molecule has 0 fully saturated rings. The van der Waals surface area contributed by atoms with Gasteiger partial charge in [-0.2, -0.15) is 0 Å². The van der Waals surface area contributed by atoms with Gasteiger partial charge in [0.15, 0.2) is 11.5 Å². The summed E-state index contributed by atoms with van der Waals surface area (Å²) in [5.41, 5.74) is 2.53. The van der Waals surface area contributed by atoms with Crippen LogP contribution >= 0.6 is 0 Å². The number of aromatic nitrogens is 1. The summed E-state index contributed by atoms with van der Waals surface area (Å²) in [6.07, 6.45) is 2.21. The van der Waals surface area contributed by atoms with Crippen LogP contribution in [0, 0.1) is 0 Å². The molecule has 4 heterocycles. The van der Waals surface area contributed by atoms with E-state index in [0.717, 1.165) is 28.3 Å². The zero-order valence-corrected chi connectivity index (χ0v) is 14.4. The Bertz CT molecular complexity index is 979. The number of nitrogens with one attached hydrogen (secondary N) is 1. The van der Waals surface area contributed by atoms with Crippen LogP contribution in [-0.4, -0.2) is 29.4 Å². The minimum absolute atomic E-state index is 0.144. The highest BCUT2D eigenvalue weighted by Gasteiger charge is 2.28. The highest BCUT2D eigenvalue weighted by atomic mass is 16.7. The number of hydrogen-bond acceptors (Lipinski definition) is 6. The molecule has 2 aromatic heterocycles. The SMILES string of the molecule is O=C(NCc1ccco1)N1CCc2onc(-c3ccc4c(c3)OCO4)c2C1. The van der Waals surface area contributed by atoms with Crippen LogP contribution in [0.15, 0.2) is 45.5 Å². The first-order valence-corrected chi connectivity index (χ1v) is 8.70. The predicted octanol–water partition coefficient (Wildman–Crippen LogP) is 2.93. The molecule has 2 aliphatic heterocycles. The molecule has 2 amide bonds. The van der Waals surface area contributed by atoms with Crippen LogP contribution in [0.5, 0.6) is 11.5 Å². The highest BCUT2D eigenvalue weighted by Crippen LogP contribution is 2.38. The van der Waals surface area contributed by atoms with Gasteiger partial charge in [-0.05, 0) is 30.3 Å². The van der Waals surface area contributed by atoms with Gasteiger partial charge in [0, 0.05) is 24.1 Å². The molecule has 0 radical (unpaired) electrons. The first kappa shape index (κ1) is 15.8. The first-order chi connectivity index (χ1) is 13.3. The van der Waals surface area contributed by atoms with E-state index >= 15 is 0 Å². The Kier molecular flexibility index (Phi) is 3.74. The maximum absolute atomic E-state index is 12.5. The van der Waals surface area contributed by atoms with E-state index in [1.807, 2.05) is 24.3 Å². The summed E-state index contributed by atoms with van der Waals surface area (Å²) in [6, 6.07) is 9.14. The zero-order valence-electron chi connectivity index (χ0n) is 14.4. The Morgan fingerprint density at radius 1 is 1.22 bits per heavy atom. The third-order valence-corrected chi connectivity index (χ3v) is 4.75. The van der Waals surface area contributed by atoms with Gasteiger partial charge in [-0.3, -0.25) is 0 Å². The van der Waals surface area contributed by atoms with Crippen LogP contribution in [-0.2, 0) is 19.5 Å². The van der Waals surface area contributed by atoms with E-state index in [4.69, 9.17) is 18.4 Å². The van der Waals surface area contributed by atoms with Gasteiger partial charge in [0.2, 0.25) is 6.79 Å². The lowest BCUT2D eigenvalue weighted by atomic mass is 10.0. The number of nitrogens with zero attached hydrogens (tertiary/aromatic N) is 2. The average Bonchev–Trinajstić information content (AvgIpc) is 3.45. The first-order valence-electron chi connectivity index (χ1n) is 8.70. The standard InChI is InChI=1S/C19H17N3O5/c23-19(20-9-13-2-1-7-24-13)22-6-5-15-14(10-22)18(21-27-15)12-3-4-16-17(8-12)26-11-25-16/h1-4,7-8H,5-6,9-11H2,(H,20,23). The van der Waals surface area contributed by atoms with Crippen LogP contribution in [0.3, 0.4) is 0 Å². The lowest BCUT2D eigenvalue weighted by Gasteiger charge is -2.26. The zero-order chi connectivity index (χ0) is 18.2. The molecule has 1 N–H and O–H groups in total. The average molecular weight is 367 g/mol. The smallest absolute Gasteiger partial charge is 0.318 e. The van der Waals surface area contributed by atoms with E-state index in [-0.39, 0.29) is 12.8 Å². The fourth-order valence-electron chi connectivity index (χ4n) is 3.34. The number of fused-ring (bicyclic) bond motifs is 2.